The van der Waals surface area contributed by atoms with Crippen LogP contribution in [0.15, 0.2) is 77.6 Å². The van der Waals surface area contributed by atoms with E-state index in [0.717, 1.165) is 33.2 Å². The second kappa shape index (κ2) is 13.5. The first-order valence-corrected chi connectivity index (χ1v) is 15.5. The van der Waals surface area contributed by atoms with E-state index in [1.54, 1.807) is 18.2 Å². The second-order valence-electron chi connectivity index (χ2n) is 12.9. The van der Waals surface area contributed by atoms with Crippen LogP contribution in [0.5, 0.6) is 0 Å². The van der Waals surface area contributed by atoms with Gasteiger partial charge in [0.25, 0.3) is 0 Å². The monoisotopic (exact) mass is 624 g/mol. The van der Waals surface area contributed by atoms with Crippen molar-refractivity contribution < 1.29 is 24.2 Å². The highest BCUT2D eigenvalue weighted by Crippen LogP contribution is 2.44. The molecular weight excluding hydrogens is 584 g/mol. The van der Waals surface area contributed by atoms with Crippen molar-refractivity contribution in [2.45, 2.75) is 65.0 Å². The largest absolute Gasteiger partial charge is 0.465 e. The molecule has 1 heterocycles. The van der Waals surface area contributed by atoms with Crippen molar-refractivity contribution in [1.82, 2.24) is 15.6 Å². The quantitative estimate of drug-likeness (QED) is 0.135. The Labute approximate surface area is 267 Å². The van der Waals surface area contributed by atoms with E-state index in [1.807, 2.05) is 52.0 Å². The lowest BCUT2D eigenvalue weighted by Crippen LogP contribution is -2.45. The van der Waals surface area contributed by atoms with Gasteiger partial charge in [0.05, 0.1) is 5.52 Å². The van der Waals surface area contributed by atoms with Crippen LogP contribution in [0.25, 0.3) is 22.0 Å². The van der Waals surface area contributed by atoms with Gasteiger partial charge in [0.15, 0.2) is 0 Å². The molecule has 3 aromatic carbocycles. The van der Waals surface area contributed by atoms with Gasteiger partial charge in [-0.15, -0.1) is 0 Å². The van der Waals surface area contributed by atoms with E-state index in [9.17, 15) is 24.3 Å². The maximum Gasteiger partial charge on any atom is 0.407 e. The Balaban J connectivity index is 1.19. The van der Waals surface area contributed by atoms with Gasteiger partial charge in [-0.1, -0.05) is 75.4 Å². The number of rotatable bonds is 10. The topological polar surface area (TPSA) is 150 Å². The summed E-state index contributed by atoms with van der Waals surface area (Å²) in [5.74, 6) is -0.576. The maximum absolute atomic E-state index is 13.2. The van der Waals surface area contributed by atoms with Gasteiger partial charge in [0.1, 0.15) is 12.6 Å². The number of aromatic amines is 1. The van der Waals surface area contributed by atoms with Gasteiger partial charge in [0.2, 0.25) is 11.5 Å². The molecule has 0 radical (unpaired) electrons. The third kappa shape index (κ3) is 7.39. The van der Waals surface area contributed by atoms with Crippen molar-refractivity contribution in [3.63, 3.8) is 0 Å². The Morgan fingerprint density at radius 3 is 2.20 bits per heavy atom. The minimum Gasteiger partial charge on any atom is -0.465 e. The molecule has 2 atom stereocenters. The summed E-state index contributed by atoms with van der Waals surface area (Å²) < 4.78 is 5.77. The molecule has 0 spiro atoms. The van der Waals surface area contributed by atoms with Gasteiger partial charge in [-0.2, -0.15) is 0 Å². The highest BCUT2D eigenvalue weighted by Gasteiger charge is 2.31. The fraction of sp³-hybridized carbons (Fsp3) is 0.333. The molecule has 240 valence electrons. The molecule has 0 aliphatic heterocycles. The molecule has 4 aromatic rings. The molecule has 5 rings (SSSR count). The summed E-state index contributed by atoms with van der Waals surface area (Å²) in [4.78, 5) is 52.4. The number of fused-ring (bicyclic) bond motifs is 4. The number of H-pyrrole nitrogens is 1. The molecule has 1 aromatic heterocycles. The normalized spacial score (nSPS) is 13.7. The van der Waals surface area contributed by atoms with E-state index < -0.39 is 24.1 Å². The molecule has 5 N–H and O–H groups in total. The summed E-state index contributed by atoms with van der Waals surface area (Å²) in [5, 5.41) is 18.3. The number of benzene rings is 3. The first kappa shape index (κ1) is 32.3. The highest BCUT2D eigenvalue weighted by atomic mass is 16.5. The number of anilines is 1. The number of ether oxygens (including phenoxy) is 1. The molecule has 1 aliphatic rings. The second-order valence-corrected chi connectivity index (χ2v) is 12.9. The predicted octanol–water partition coefficient (Wildman–Crippen LogP) is 6.53. The van der Waals surface area contributed by atoms with Crippen LogP contribution < -0.4 is 21.5 Å². The van der Waals surface area contributed by atoms with Gasteiger partial charge >= 0.3 is 12.2 Å². The zero-order valence-electron chi connectivity index (χ0n) is 26.5. The molecule has 46 heavy (non-hydrogen) atoms. The Morgan fingerprint density at radius 2 is 1.57 bits per heavy atom. The van der Waals surface area contributed by atoms with Crippen LogP contribution in [0.4, 0.5) is 15.3 Å². The summed E-state index contributed by atoms with van der Waals surface area (Å²) in [6, 6.07) is 21.6. The van der Waals surface area contributed by atoms with Crippen LogP contribution in [-0.2, 0) is 9.53 Å². The number of carbonyl (C=O) groups excluding carboxylic acids is 2. The lowest BCUT2D eigenvalue weighted by molar-refractivity contribution is -0.118. The third-order valence-corrected chi connectivity index (χ3v) is 8.60. The number of aryl methyl sites for hydroxylation is 1. The summed E-state index contributed by atoms with van der Waals surface area (Å²) in [6.45, 7) is 8.05. The van der Waals surface area contributed by atoms with Crippen molar-refractivity contribution in [2.75, 3.05) is 11.9 Å². The number of alkyl carbamates (subject to hydrolysis) is 1. The van der Waals surface area contributed by atoms with Crippen LogP contribution in [0.3, 0.4) is 0 Å². The molecule has 0 fully saturated rings. The van der Waals surface area contributed by atoms with Gasteiger partial charge in [0, 0.05) is 29.1 Å². The van der Waals surface area contributed by atoms with E-state index >= 15 is 0 Å². The molecule has 0 bridgehead atoms. The van der Waals surface area contributed by atoms with Crippen LogP contribution in [0.1, 0.15) is 62.6 Å². The summed E-state index contributed by atoms with van der Waals surface area (Å²) in [6.07, 6.45) is -0.684. The van der Waals surface area contributed by atoms with Crippen molar-refractivity contribution in [3.05, 3.63) is 99.8 Å². The Morgan fingerprint density at radius 1 is 0.913 bits per heavy atom. The van der Waals surface area contributed by atoms with E-state index in [1.165, 1.54) is 6.07 Å². The summed E-state index contributed by atoms with van der Waals surface area (Å²) in [5.41, 5.74) is 5.79. The summed E-state index contributed by atoms with van der Waals surface area (Å²) >= 11 is 0. The lowest BCUT2D eigenvalue weighted by atomic mass is 9.83. The Kier molecular flexibility index (Phi) is 9.46. The number of hydrogen-bond donors (Lipinski definition) is 5. The molecule has 1 unspecified atom stereocenters. The summed E-state index contributed by atoms with van der Waals surface area (Å²) in [7, 11) is 0. The third-order valence-electron chi connectivity index (χ3n) is 8.60. The number of hydrogen-bond acceptors (Lipinski definition) is 5. The SMILES string of the molecule is Cc1cc(=O)[nH]c2cc(NC(=O)[C@H](CCCC(NC(=O)OCC3c4ccccc4-c4ccccc43)C(C)(C)C)NC(=O)O)ccc12. The standard InChI is InChI=1S/C36H40N4O6/c1-21-18-32(41)38-30-19-22(16-17-23(21)30)37-33(42)29(39-34(43)44)14-9-15-31(36(2,3)4)40-35(45)46-20-28-26-12-7-5-10-24(26)25-11-6-8-13-27(25)28/h5-8,10-13,16-19,28-29,31,39H,9,14-15,20H2,1-4H3,(H,37,42)(H,38,41)(H,40,45)(H,43,44)/t29-,31?/m0/s1. The van der Waals surface area contributed by atoms with Crippen molar-refractivity contribution in [1.29, 1.82) is 0 Å². The molecule has 0 saturated heterocycles. The first-order valence-electron chi connectivity index (χ1n) is 15.5. The average molecular weight is 625 g/mol. The van der Waals surface area contributed by atoms with Crippen LogP contribution in [-0.4, -0.2) is 46.9 Å². The van der Waals surface area contributed by atoms with Crippen LogP contribution in [0.2, 0.25) is 0 Å². The van der Waals surface area contributed by atoms with Gasteiger partial charge < -0.3 is 30.8 Å². The fourth-order valence-corrected chi connectivity index (χ4v) is 6.19. The highest BCUT2D eigenvalue weighted by molar-refractivity contribution is 5.98. The number of pyridine rings is 1. The van der Waals surface area contributed by atoms with E-state index in [-0.39, 0.29) is 36.0 Å². The van der Waals surface area contributed by atoms with Crippen molar-refractivity contribution >= 4 is 34.7 Å². The van der Waals surface area contributed by atoms with E-state index in [2.05, 4.69) is 45.2 Å². The molecule has 10 nitrogen and oxygen atoms in total. The molecule has 0 saturated carbocycles. The molecular formula is C36H40N4O6. The van der Waals surface area contributed by atoms with Crippen molar-refractivity contribution in [3.8, 4) is 11.1 Å². The minimum atomic E-state index is -1.32. The number of carbonyl (C=O) groups is 3. The Hall–Kier alpha value is -5.12. The zero-order chi connectivity index (χ0) is 33.0. The fourth-order valence-electron chi connectivity index (χ4n) is 6.19. The Bertz CT molecular complexity index is 1780. The number of nitrogens with one attached hydrogen (secondary N) is 4. The maximum atomic E-state index is 13.2. The van der Waals surface area contributed by atoms with Crippen LogP contribution in [0, 0.1) is 12.3 Å². The van der Waals surface area contributed by atoms with Gasteiger partial charge in [-0.25, -0.2) is 9.59 Å². The number of aromatic nitrogens is 1. The lowest BCUT2D eigenvalue weighted by Gasteiger charge is -2.32. The minimum absolute atomic E-state index is 0.0560. The molecule has 3 amide bonds. The first-order chi connectivity index (χ1) is 21.9. The molecule has 10 heteroatoms. The van der Waals surface area contributed by atoms with Gasteiger partial charge in [-0.05, 0) is 71.6 Å². The van der Waals surface area contributed by atoms with Gasteiger partial charge in [-0.3, -0.25) is 9.59 Å². The average Bonchev–Trinajstić information content (AvgIpc) is 3.31. The number of carboxylic acid groups (broad SMARTS) is 1. The predicted molar refractivity (Wildman–Crippen MR) is 178 cm³/mol. The number of amides is 3. The molecule has 1 aliphatic carbocycles. The van der Waals surface area contributed by atoms with E-state index in [4.69, 9.17) is 4.74 Å². The smallest absolute Gasteiger partial charge is 0.407 e. The van der Waals surface area contributed by atoms with E-state index in [0.29, 0.717) is 24.0 Å². The van der Waals surface area contributed by atoms with Crippen molar-refractivity contribution in [2.24, 2.45) is 5.41 Å². The zero-order valence-corrected chi connectivity index (χ0v) is 26.5. The van der Waals surface area contributed by atoms with Crippen LogP contribution >= 0.6 is 0 Å².